The van der Waals surface area contributed by atoms with E-state index in [0.29, 0.717) is 10.2 Å². The van der Waals surface area contributed by atoms with Crippen molar-refractivity contribution in [3.63, 3.8) is 0 Å². The zero-order valence-corrected chi connectivity index (χ0v) is 19.0. The number of nitrogens with one attached hydrogen (secondary N) is 1. The molecule has 33 heavy (non-hydrogen) atoms. The molecule has 0 atom stereocenters. The molecule has 1 fully saturated rings. The van der Waals surface area contributed by atoms with Crippen LogP contribution in [0.1, 0.15) is 16.7 Å². The molecule has 166 valence electrons. The number of hydrogen-bond acceptors (Lipinski definition) is 5. The topological polar surface area (TPSA) is 102 Å². The molecule has 1 aliphatic rings. The molecule has 1 aliphatic heterocycles. The summed E-state index contributed by atoms with van der Waals surface area (Å²) in [7, 11) is 0. The van der Waals surface area contributed by atoms with Crippen LogP contribution in [0.4, 0.5) is 11.4 Å². The number of amides is 2. The minimum absolute atomic E-state index is 0.0315. The van der Waals surface area contributed by atoms with Gasteiger partial charge >= 0.3 is 5.69 Å². The van der Waals surface area contributed by atoms with E-state index in [1.54, 1.807) is 36.4 Å². The number of rotatable bonds is 6. The molecule has 0 bridgehead atoms. The molecule has 1 heterocycles. The maximum absolute atomic E-state index is 12.9. The van der Waals surface area contributed by atoms with Crippen LogP contribution in [0.5, 0.6) is 5.75 Å². The van der Waals surface area contributed by atoms with Crippen LogP contribution in [-0.4, -0.2) is 16.7 Å². The van der Waals surface area contributed by atoms with E-state index >= 15 is 0 Å². The molecule has 3 aromatic rings. The number of hydrazine groups is 1. The molecule has 0 saturated carbocycles. The summed E-state index contributed by atoms with van der Waals surface area (Å²) in [5.74, 6) is -1.22. The number of ether oxygens (including phenoxy) is 1. The summed E-state index contributed by atoms with van der Waals surface area (Å²) in [6, 6.07) is 19.1. The molecule has 9 heteroatoms. The predicted octanol–water partition coefficient (Wildman–Crippen LogP) is 4.71. The monoisotopic (exact) mass is 507 g/mol. The molecule has 0 unspecified atom stereocenters. The van der Waals surface area contributed by atoms with E-state index in [2.05, 4.69) is 21.4 Å². The molecular weight excluding hydrogens is 490 g/mol. The van der Waals surface area contributed by atoms with E-state index in [9.17, 15) is 19.7 Å². The number of anilines is 1. The first-order chi connectivity index (χ1) is 15.8. The number of carbonyl (C=O) groups excluding carboxylic acids is 2. The molecular formula is C24H18BrN3O5. The maximum Gasteiger partial charge on any atom is 0.312 e. The third kappa shape index (κ3) is 4.78. The SMILES string of the molecule is Cc1cccc(COc2c(/C=C3/C(=O)NN(c4ccccc4)C3=O)cc(Br)cc2[N+](=O)[O-])c1. The van der Waals surface area contributed by atoms with Crippen molar-refractivity contribution in [1.29, 1.82) is 0 Å². The van der Waals surface area contributed by atoms with E-state index in [0.717, 1.165) is 16.1 Å². The lowest BCUT2D eigenvalue weighted by atomic mass is 10.1. The highest BCUT2D eigenvalue weighted by atomic mass is 79.9. The lowest BCUT2D eigenvalue weighted by Gasteiger charge is -2.14. The second kappa shape index (κ2) is 9.25. The Balaban J connectivity index is 1.73. The van der Waals surface area contributed by atoms with Crippen molar-refractivity contribution in [1.82, 2.24) is 5.43 Å². The molecule has 2 amide bonds. The number of halogens is 1. The van der Waals surface area contributed by atoms with Gasteiger partial charge < -0.3 is 4.74 Å². The Kier molecular flexibility index (Phi) is 6.23. The number of nitro benzene ring substituents is 1. The fraction of sp³-hybridized carbons (Fsp3) is 0.0833. The lowest BCUT2D eigenvalue weighted by Crippen LogP contribution is -2.35. The fourth-order valence-corrected chi connectivity index (χ4v) is 3.89. The average Bonchev–Trinajstić information content (AvgIpc) is 3.07. The van der Waals surface area contributed by atoms with Gasteiger partial charge in [-0.15, -0.1) is 0 Å². The minimum Gasteiger partial charge on any atom is -0.482 e. The molecule has 1 N–H and O–H groups in total. The highest BCUT2D eigenvalue weighted by molar-refractivity contribution is 9.10. The first kappa shape index (κ1) is 22.2. The Morgan fingerprint density at radius 1 is 1.09 bits per heavy atom. The molecule has 8 nitrogen and oxygen atoms in total. The van der Waals surface area contributed by atoms with Gasteiger partial charge in [0.15, 0.2) is 0 Å². The van der Waals surface area contributed by atoms with E-state index < -0.39 is 16.7 Å². The molecule has 1 saturated heterocycles. The van der Waals surface area contributed by atoms with E-state index in [-0.39, 0.29) is 29.2 Å². The largest absolute Gasteiger partial charge is 0.482 e. The summed E-state index contributed by atoms with van der Waals surface area (Å²) >= 11 is 3.26. The Morgan fingerprint density at radius 3 is 2.55 bits per heavy atom. The summed E-state index contributed by atoms with van der Waals surface area (Å²) in [4.78, 5) is 36.7. The number of carbonyl (C=O) groups is 2. The number of nitro groups is 1. The molecule has 3 aromatic carbocycles. The summed E-state index contributed by atoms with van der Waals surface area (Å²) in [6.45, 7) is 2.01. The van der Waals surface area contributed by atoms with Crippen LogP contribution in [0.2, 0.25) is 0 Å². The number of nitrogens with zero attached hydrogens (tertiary/aromatic N) is 2. The first-order valence-corrected chi connectivity index (χ1v) is 10.7. The van der Waals surface area contributed by atoms with Gasteiger partial charge in [0.05, 0.1) is 10.6 Å². The van der Waals surface area contributed by atoms with Crippen LogP contribution in [-0.2, 0) is 16.2 Å². The summed E-state index contributed by atoms with van der Waals surface area (Å²) in [5.41, 5.74) is 4.66. The van der Waals surface area contributed by atoms with Crippen molar-refractivity contribution >= 4 is 45.2 Å². The van der Waals surface area contributed by atoms with Crippen LogP contribution >= 0.6 is 15.9 Å². The van der Waals surface area contributed by atoms with Gasteiger partial charge in [0.2, 0.25) is 5.75 Å². The molecule has 0 aliphatic carbocycles. The summed E-state index contributed by atoms with van der Waals surface area (Å²) in [5, 5.41) is 12.9. The van der Waals surface area contributed by atoms with Gasteiger partial charge in [-0.25, -0.2) is 5.01 Å². The standard InChI is InChI=1S/C24H18BrN3O5/c1-15-6-5-7-16(10-15)14-33-22-17(11-18(25)13-21(22)28(31)32)12-20-23(29)26-27(24(20)30)19-8-3-2-4-9-19/h2-13H,14H2,1H3,(H,26,29)/b20-12-. The lowest BCUT2D eigenvalue weighted by molar-refractivity contribution is -0.386. The number of hydrogen-bond donors (Lipinski definition) is 1. The van der Waals surface area contributed by atoms with Crippen LogP contribution in [0, 0.1) is 17.0 Å². The van der Waals surface area contributed by atoms with E-state index in [1.807, 2.05) is 31.2 Å². The summed E-state index contributed by atoms with van der Waals surface area (Å²) < 4.78 is 6.27. The van der Waals surface area contributed by atoms with Crippen molar-refractivity contribution in [3.05, 3.63) is 104 Å². The van der Waals surface area contributed by atoms with Gasteiger partial charge in [0, 0.05) is 16.1 Å². The van der Waals surface area contributed by atoms with E-state index in [4.69, 9.17) is 4.74 Å². The van der Waals surface area contributed by atoms with Crippen LogP contribution in [0.15, 0.2) is 76.8 Å². The van der Waals surface area contributed by atoms with Crippen molar-refractivity contribution in [2.45, 2.75) is 13.5 Å². The molecule has 4 rings (SSSR count). The Morgan fingerprint density at radius 2 is 1.85 bits per heavy atom. The number of benzene rings is 3. The smallest absolute Gasteiger partial charge is 0.312 e. The minimum atomic E-state index is -0.615. The normalized spacial score (nSPS) is 14.5. The van der Waals surface area contributed by atoms with Gasteiger partial charge in [-0.3, -0.25) is 25.1 Å². The highest BCUT2D eigenvalue weighted by Gasteiger charge is 2.35. The van der Waals surface area contributed by atoms with Crippen LogP contribution < -0.4 is 15.2 Å². The van der Waals surface area contributed by atoms with Gasteiger partial charge in [0.1, 0.15) is 12.2 Å². The zero-order valence-electron chi connectivity index (χ0n) is 17.4. The van der Waals surface area contributed by atoms with Crippen molar-refractivity contribution in [2.24, 2.45) is 0 Å². The van der Waals surface area contributed by atoms with Crippen LogP contribution in [0.25, 0.3) is 6.08 Å². The average molecular weight is 508 g/mol. The predicted molar refractivity (Wildman–Crippen MR) is 126 cm³/mol. The van der Waals surface area contributed by atoms with Crippen molar-refractivity contribution in [3.8, 4) is 5.75 Å². The van der Waals surface area contributed by atoms with Gasteiger partial charge in [0.25, 0.3) is 11.8 Å². The molecule has 0 radical (unpaired) electrons. The summed E-state index contributed by atoms with van der Waals surface area (Å²) in [6.07, 6.45) is 1.31. The Labute approximate surface area is 197 Å². The van der Waals surface area contributed by atoms with Crippen molar-refractivity contribution < 1.29 is 19.2 Å². The third-order valence-electron chi connectivity index (χ3n) is 4.93. The van der Waals surface area contributed by atoms with Gasteiger partial charge in [-0.2, -0.15) is 0 Å². The second-order valence-electron chi connectivity index (χ2n) is 7.35. The fourth-order valence-electron chi connectivity index (χ4n) is 3.43. The molecule has 0 spiro atoms. The maximum atomic E-state index is 12.9. The third-order valence-corrected chi connectivity index (χ3v) is 5.39. The number of para-hydroxylation sites is 1. The first-order valence-electron chi connectivity index (χ1n) is 9.92. The number of aryl methyl sites for hydroxylation is 1. The Bertz CT molecular complexity index is 1290. The van der Waals surface area contributed by atoms with Gasteiger partial charge in [-0.1, -0.05) is 64.0 Å². The second-order valence-corrected chi connectivity index (χ2v) is 8.27. The quantitative estimate of drug-likeness (QED) is 0.225. The molecule has 0 aromatic heterocycles. The van der Waals surface area contributed by atoms with Crippen molar-refractivity contribution in [2.75, 3.05) is 5.01 Å². The van der Waals surface area contributed by atoms with Gasteiger partial charge in [-0.05, 0) is 36.8 Å². The van der Waals surface area contributed by atoms with Crippen LogP contribution in [0.3, 0.4) is 0 Å². The van der Waals surface area contributed by atoms with E-state index in [1.165, 1.54) is 12.1 Å². The highest BCUT2D eigenvalue weighted by Crippen LogP contribution is 2.37. The zero-order chi connectivity index (χ0) is 23.5. The Hall–Kier alpha value is -3.98.